The Morgan fingerprint density at radius 2 is 1.75 bits per heavy atom. The van der Waals surface area contributed by atoms with Crippen molar-refractivity contribution in [3.8, 4) is 0 Å². The molecule has 2 saturated heterocycles. The smallest absolute Gasteiger partial charge is 0.255 e. The minimum absolute atomic E-state index is 0.132. The van der Waals surface area contributed by atoms with Gasteiger partial charge in [0.1, 0.15) is 0 Å². The van der Waals surface area contributed by atoms with Gasteiger partial charge in [0.15, 0.2) is 0 Å². The summed E-state index contributed by atoms with van der Waals surface area (Å²) >= 11 is 0. The zero-order valence-electron chi connectivity index (χ0n) is 17.9. The lowest BCUT2D eigenvalue weighted by Gasteiger charge is -2.22. The van der Waals surface area contributed by atoms with Gasteiger partial charge in [0, 0.05) is 30.9 Å². The molecule has 2 heterocycles. The fourth-order valence-electron chi connectivity index (χ4n) is 4.40. The number of amides is 2. The van der Waals surface area contributed by atoms with Crippen LogP contribution in [0.4, 0.5) is 5.69 Å². The second kappa shape index (κ2) is 9.40. The maximum absolute atomic E-state index is 12.8. The number of nitrogens with zero attached hydrogens (tertiary/aromatic N) is 2. The summed E-state index contributed by atoms with van der Waals surface area (Å²) in [5.41, 5.74) is 7.35. The van der Waals surface area contributed by atoms with Gasteiger partial charge in [-0.2, -0.15) is 4.31 Å². The summed E-state index contributed by atoms with van der Waals surface area (Å²) in [7, 11) is -3.59. The summed E-state index contributed by atoms with van der Waals surface area (Å²) < 4.78 is 27.1. The number of benzene rings is 2. The third-order valence-electron chi connectivity index (χ3n) is 6.06. The number of nitrogens with one attached hydrogen (secondary N) is 1. The Balaban J connectivity index is 1.46. The Labute approximate surface area is 188 Å². The maximum atomic E-state index is 12.8. The molecule has 2 aromatic rings. The largest absolute Gasteiger partial charge is 0.368 e. The first-order valence-electron chi connectivity index (χ1n) is 10.9. The van der Waals surface area contributed by atoms with Crippen molar-refractivity contribution in [2.75, 3.05) is 25.0 Å². The normalized spacial score (nSPS) is 19.8. The molecule has 32 heavy (non-hydrogen) atoms. The van der Waals surface area contributed by atoms with Gasteiger partial charge in [-0.05, 0) is 68.1 Å². The fourth-order valence-corrected chi connectivity index (χ4v) is 5.96. The average Bonchev–Trinajstić information content (AvgIpc) is 3.47. The summed E-state index contributed by atoms with van der Waals surface area (Å²) in [6, 6.07) is 13.3. The molecule has 2 amide bonds. The minimum Gasteiger partial charge on any atom is -0.368 e. The topological polar surface area (TPSA) is 113 Å². The van der Waals surface area contributed by atoms with Gasteiger partial charge in [0.25, 0.3) is 5.91 Å². The van der Waals surface area contributed by atoms with E-state index in [1.54, 1.807) is 18.2 Å². The van der Waals surface area contributed by atoms with E-state index in [4.69, 9.17) is 5.73 Å². The van der Waals surface area contributed by atoms with Gasteiger partial charge in [-0.15, -0.1) is 0 Å². The Morgan fingerprint density at radius 3 is 2.50 bits per heavy atom. The zero-order valence-corrected chi connectivity index (χ0v) is 18.7. The molecule has 2 aliphatic rings. The van der Waals surface area contributed by atoms with E-state index < -0.39 is 10.0 Å². The van der Waals surface area contributed by atoms with Gasteiger partial charge >= 0.3 is 0 Å². The summed E-state index contributed by atoms with van der Waals surface area (Å²) in [5, 5.41) is 2.85. The lowest BCUT2D eigenvalue weighted by molar-refractivity contribution is -0.122. The molecule has 2 fully saturated rings. The van der Waals surface area contributed by atoms with Gasteiger partial charge < -0.3 is 11.1 Å². The Morgan fingerprint density at radius 1 is 1.00 bits per heavy atom. The Kier molecular flexibility index (Phi) is 6.59. The highest BCUT2D eigenvalue weighted by Crippen LogP contribution is 2.23. The van der Waals surface area contributed by atoms with Crippen LogP contribution in [0.25, 0.3) is 0 Å². The van der Waals surface area contributed by atoms with Crippen LogP contribution < -0.4 is 11.1 Å². The van der Waals surface area contributed by atoms with Gasteiger partial charge in [0.05, 0.1) is 10.9 Å². The predicted molar refractivity (Wildman–Crippen MR) is 121 cm³/mol. The number of hydrogen-bond acceptors (Lipinski definition) is 5. The number of carbonyl (C=O) groups is 2. The Hall–Kier alpha value is -2.75. The van der Waals surface area contributed by atoms with E-state index in [9.17, 15) is 18.0 Å². The zero-order chi connectivity index (χ0) is 22.7. The van der Waals surface area contributed by atoms with Crippen LogP contribution in [0.1, 0.15) is 41.6 Å². The fraction of sp³-hybridized carbons (Fsp3) is 0.391. The third kappa shape index (κ3) is 4.85. The van der Waals surface area contributed by atoms with Crippen LogP contribution in [0.15, 0.2) is 53.4 Å². The van der Waals surface area contributed by atoms with Crippen molar-refractivity contribution in [2.24, 2.45) is 5.73 Å². The molecule has 0 radical (unpaired) electrons. The molecule has 8 nitrogen and oxygen atoms in total. The van der Waals surface area contributed by atoms with E-state index in [1.165, 1.54) is 16.4 Å². The van der Waals surface area contributed by atoms with Crippen molar-refractivity contribution < 1.29 is 18.0 Å². The molecule has 2 aromatic carbocycles. The Bertz CT molecular complexity index is 1110. The van der Waals surface area contributed by atoms with Crippen molar-refractivity contribution in [1.29, 1.82) is 0 Å². The van der Waals surface area contributed by atoms with E-state index >= 15 is 0 Å². The van der Waals surface area contributed by atoms with Crippen molar-refractivity contribution in [3.05, 3.63) is 59.7 Å². The van der Waals surface area contributed by atoms with Gasteiger partial charge in [-0.1, -0.05) is 18.2 Å². The molecule has 0 spiro atoms. The lowest BCUT2D eigenvalue weighted by atomic mass is 10.1. The number of anilines is 1. The molecule has 0 bridgehead atoms. The molecule has 2 aliphatic heterocycles. The van der Waals surface area contributed by atoms with E-state index in [2.05, 4.69) is 10.2 Å². The van der Waals surface area contributed by atoms with Crippen molar-refractivity contribution in [2.45, 2.75) is 43.2 Å². The predicted octanol–water partition coefficient (Wildman–Crippen LogP) is 2.17. The molecule has 170 valence electrons. The number of nitrogens with two attached hydrogens (primary N) is 1. The molecule has 4 rings (SSSR count). The average molecular weight is 457 g/mol. The van der Waals surface area contributed by atoms with Crippen LogP contribution in [-0.4, -0.2) is 55.1 Å². The van der Waals surface area contributed by atoms with Crippen LogP contribution in [0.3, 0.4) is 0 Å². The molecule has 0 saturated carbocycles. The summed E-state index contributed by atoms with van der Waals surface area (Å²) in [4.78, 5) is 26.6. The van der Waals surface area contributed by atoms with Gasteiger partial charge in [0.2, 0.25) is 15.9 Å². The van der Waals surface area contributed by atoms with Crippen LogP contribution in [-0.2, 0) is 21.4 Å². The first-order chi connectivity index (χ1) is 15.3. The number of hydrogen-bond donors (Lipinski definition) is 2. The van der Waals surface area contributed by atoms with E-state index in [0.717, 1.165) is 37.8 Å². The quantitative estimate of drug-likeness (QED) is 0.663. The van der Waals surface area contributed by atoms with Crippen LogP contribution >= 0.6 is 0 Å². The monoisotopic (exact) mass is 456 g/mol. The van der Waals surface area contributed by atoms with Crippen molar-refractivity contribution in [3.63, 3.8) is 0 Å². The lowest BCUT2D eigenvalue weighted by Crippen LogP contribution is -2.39. The number of sulfonamides is 1. The van der Waals surface area contributed by atoms with Crippen LogP contribution in [0, 0.1) is 0 Å². The highest BCUT2D eigenvalue weighted by molar-refractivity contribution is 7.89. The molecule has 0 aliphatic carbocycles. The van der Waals surface area contributed by atoms with E-state index in [1.807, 2.05) is 18.2 Å². The molecule has 0 aromatic heterocycles. The van der Waals surface area contributed by atoms with E-state index in [-0.39, 0.29) is 28.3 Å². The molecule has 0 unspecified atom stereocenters. The first-order valence-corrected chi connectivity index (χ1v) is 12.3. The van der Waals surface area contributed by atoms with Crippen LogP contribution in [0.5, 0.6) is 0 Å². The molecule has 9 heteroatoms. The first kappa shape index (κ1) is 22.4. The van der Waals surface area contributed by atoms with Gasteiger partial charge in [-0.3, -0.25) is 14.5 Å². The molecule has 3 N–H and O–H groups in total. The van der Waals surface area contributed by atoms with Crippen molar-refractivity contribution >= 4 is 27.5 Å². The van der Waals surface area contributed by atoms with Gasteiger partial charge in [-0.25, -0.2) is 8.42 Å². The summed E-state index contributed by atoms with van der Waals surface area (Å²) in [5.74, 6) is -0.687. The standard InChI is InChI=1S/C23H28N4O4S/c24-22(28)21-10-5-11-26(21)16-17-6-3-8-19(14-17)25-23(29)18-7-4-9-20(15-18)32(30,31)27-12-1-2-13-27/h3-4,6-9,14-15,21H,1-2,5,10-13,16H2,(H2,24,28)(H,25,29)/t21-/m1/s1. The van der Waals surface area contributed by atoms with E-state index in [0.29, 0.717) is 25.3 Å². The number of rotatable bonds is 7. The number of carbonyl (C=O) groups excluding carboxylic acids is 2. The number of primary amides is 1. The maximum Gasteiger partial charge on any atom is 0.255 e. The second-order valence-corrected chi connectivity index (χ2v) is 10.3. The SMILES string of the molecule is NC(=O)[C@H]1CCCN1Cc1cccc(NC(=O)c2cccc(S(=O)(=O)N3CCCC3)c2)c1. The summed E-state index contributed by atoms with van der Waals surface area (Å²) in [6.07, 6.45) is 3.41. The highest BCUT2D eigenvalue weighted by atomic mass is 32.2. The molecule has 1 atom stereocenters. The third-order valence-corrected chi connectivity index (χ3v) is 7.96. The summed E-state index contributed by atoms with van der Waals surface area (Å²) in [6.45, 7) is 2.40. The van der Waals surface area contributed by atoms with Crippen LogP contribution in [0.2, 0.25) is 0 Å². The molecular formula is C23H28N4O4S. The molecular weight excluding hydrogens is 428 g/mol. The van der Waals surface area contributed by atoms with Crippen molar-refractivity contribution in [1.82, 2.24) is 9.21 Å². The highest BCUT2D eigenvalue weighted by Gasteiger charge is 2.29. The number of likely N-dealkylation sites (tertiary alicyclic amines) is 1. The second-order valence-electron chi connectivity index (χ2n) is 8.32. The minimum atomic E-state index is -3.59.